The van der Waals surface area contributed by atoms with Crippen LogP contribution in [0.1, 0.15) is 23.1 Å². The summed E-state index contributed by atoms with van der Waals surface area (Å²) in [4.78, 5) is 0. The fourth-order valence-corrected chi connectivity index (χ4v) is 2.19. The lowest BCUT2D eigenvalue weighted by molar-refractivity contribution is 0.118. The Morgan fingerprint density at radius 2 is 1.91 bits per heavy atom. The van der Waals surface area contributed by atoms with Gasteiger partial charge in [-0.1, -0.05) is 24.3 Å². The molecule has 0 unspecified atom stereocenters. The van der Waals surface area contributed by atoms with Crippen molar-refractivity contribution in [3.05, 3.63) is 65.2 Å². The van der Waals surface area contributed by atoms with Crippen LogP contribution in [0.4, 0.5) is 0 Å². The zero-order valence-electron chi connectivity index (χ0n) is 13.4. The molecule has 4 heteroatoms. The maximum atomic E-state index is 8.86. The van der Waals surface area contributed by atoms with Crippen molar-refractivity contribution < 1.29 is 9.47 Å². The van der Waals surface area contributed by atoms with Gasteiger partial charge in [-0.25, -0.2) is 0 Å². The van der Waals surface area contributed by atoms with Gasteiger partial charge in [-0.3, -0.25) is 0 Å². The summed E-state index contributed by atoms with van der Waals surface area (Å²) in [5.74, 6) is 0.860. The molecule has 2 aromatic carbocycles. The monoisotopic (exact) mass is 310 g/mol. The number of methoxy groups -OCH3 is 1. The number of nitriles is 1. The number of hydrogen-bond donors (Lipinski definition) is 1. The molecular weight excluding hydrogens is 288 g/mol. The maximum Gasteiger partial charge on any atom is 0.118 e. The highest BCUT2D eigenvalue weighted by Crippen LogP contribution is 2.11. The van der Waals surface area contributed by atoms with Gasteiger partial charge in [0.2, 0.25) is 0 Å². The zero-order valence-corrected chi connectivity index (χ0v) is 13.4. The number of nitrogens with one attached hydrogen (secondary N) is 1. The predicted octanol–water partition coefficient (Wildman–Crippen LogP) is 3.26. The van der Waals surface area contributed by atoms with E-state index < -0.39 is 0 Å². The van der Waals surface area contributed by atoms with Crippen LogP contribution in [-0.4, -0.2) is 20.3 Å². The molecule has 2 aromatic rings. The molecule has 23 heavy (non-hydrogen) atoms. The molecular formula is C19H22N2O2. The Labute approximate surface area is 137 Å². The molecule has 120 valence electrons. The molecule has 1 N–H and O–H groups in total. The van der Waals surface area contributed by atoms with Crippen LogP contribution in [0.15, 0.2) is 48.5 Å². The second kappa shape index (κ2) is 9.62. The Balaban J connectivity index is 1.56. The highest BCUT2D eigenvalue weighted by molar-refractivity contribution is 5.32. The Kier molecular flexibility index (Phi) is 7.12. The van der Waals surface area contributed by atoms with Gasteiger partial charge in [0.05, 0.1) is 25.3 Å². The third-order valence-electron chi connectivity index (χ3n) is 3.46. The number of nitrogens with zero attached hydrogens (tertiary/aromatic N) is 1. The third kappa shape index (κ3) is 6.11. The van der Waals surface area contributed by atoms with E-state index in [0.29, 0.717) is 12.2 Å². The Morgan fingerprint density at radius 1 is 1.09 bits per heavy atom. The van der Waals surface area contributed by atoms with Gasteiger partial charge in [-0.05, 0) is 48.4 Å². The van der Waals surface area contributed by atoms with Crippen molar-refractivity contribution in [3.63, 3.8) is 0 Å². The summed E-state index contributed by atoms with van der Waals surface area (Å²) in [5.41, 5.74) is 2.97. The number of ether oxygens (including phenoxy) is 2. The van der Waals surface area contributed by atoms with E-state index in [2.05, 4.69) is 11.4 Å². The highest BCUT2D eigenvalue weighted by Gasteiger charge is 1.97. The van der Waals surface area contributed by atoms with Crippen molar-refractivity contribution in [1.82, 2.24) is 5.32 Å². The van der Waals surface area contributed by atoms with Crippen molar-refractivity contribution in [1.29, 1.82) is 5.26 Å². The standard InChI is InChI=1S/C19H22N2O2/c1-22-19-8-6-16(7-9-19)15-23-11-3-10-21-14-18-5-2-4-17(12-18)13-20/h2,4-9,12,21H,3,10-11,14-15H2,1H3. The van der Waals surface area contributed by atoms with Crippen LogP contribution in [-0.2, 0) is 17.9 Å². The number of rotatable bonds is 9. The lowest BCUT2D eigenvalue weighted by Gasteiger charge is -2.07. The lowest BCUT2D eigenvalue weighted by atomic mass is 10.1. The smallest absolute Gasteiger partial charge is 0.118 e. The van der Waals surface area contributed by atoms with Gasteiger partial charge in [-0.2, -0.15) is 5.26 Å². The zero-order chi connectivity index (χ0) is 16.3. The van der Waals surface area contributed by atoms with Crippen molar-refractivity contribution in [3.8, 4) is 11.8 Å². The molecule has 0 aliphatic rings. The molecule has 0 saturated heterocycles. The molecule has 0 radical (unpaired) electrons. The van der Waals surface area contributed by atoms with Gasteiger partial charge < -0.3 is 14.8 Å². The third-order valence-corrected chi connectivity index (χ3v) is 3.46. The molecule has 0 aromatic heterocycles. The van der Waals surface area contributed by atoms with E-state index in [1.807, 2.05) is 48.5 Å². The Morgan fingerprint density at radius 3 is 2.65 bits per heavy atom. The summed E-state index contributed by atoms with van der Waals surface area (Å²) >= 11 is 0. The molecule has 4 nitrogen and oxygen atoms in total. The molecule has 0 aliphatic carbocycles. The summed E-state index contributed by atoms with van der Waals surface area (Å²) < 4.78 is 10.8. The average Bonchev–Trinajstić information content (AvgIpc) is 2.61. The molecule has 0 saturated carbocycles. The molecule has 0 aliphatic heterocycles. The SMILES string of the molecule is COc1ccc(COCCCNCc2cccc(C#N)c2)cc1. The van der Waals surface area contributed by atoms with Gasteiger partial charge >= 0.3 is 0 Å². The van der Waals surface area contributed by atoms with Gasteiger partial charge in [-0.15, -0.1) is 0 Å². The topological polar surface area (TPSA) is 54.3 Å². The van der Waals surface area contributed by atoms with Gasteiger partial charge in [0.15, 0.2) is 0 Å². The van der Waals surface area contributed by atoms with E-state index in [-0.39, 0.29) is 0 Å². The first kappa shape index (κ1) is 17.0. The first-order valence-electron chi connectivity index (χ1n) is 7.72. The van der Waals surface area contributed by atoms with E-state index in [1.165, 1.54) is 0 Å². The van der Waals surface area contributed by atoms with E-state index in [1.54, 1.807) is 7.11 Å². The minimum atomic E-state index is 0.619. The molecule has 0 atom stereocenters. The summed E-state index contributed by atoms with van der Waals surface area (Å²) in [6.07, 6.45) is 0.952. The van der Waals surface area contributed by atoms with Crippen LogP contribution >= 0.6 is 0 Å². The average molecular weight is 310 g/mol. The Bertz CT molecular complexity index is 633. The normalized spacial score (nSPS) is 10.3. The molecule has 0 spiro atoms. The van der Waals surface area contributed by atoms with Crippen LogP contribution in [0.5, 0.6) is 5.75 Å². The maximum absolute atomic E-state index is 8.86. The Hall–Kier alpha value is -2.35. The van der Waals surface area contributed by atoms with E-state index >= 15 is 0 Å². The fraction of sp³-hybridized carbons (Fsp3) is 0.316. The molecule has 0 amide bonds. The number of benzene rings is 2. The predicted molar refractivity (Wildman–Crippen MR) is 90.1 cm³/mol. The van der Waals surface area contributed by atoms with Crippen LogP contribution < -0.4 is 10.1 Å². The quantitative estimate of drug-likeness (QED) is 0.722. The largest absolute Gasteiger partial charge is 0.497 e. The summed E-state index contributed by atoms with van der Waals surface area (Å²) in [6, 6.07) is 17.7. The minimum Gasteiger partial charge on any atom is -0.497 e. The summed E-state index contributed by atoms with van der Waals surface area (Å²) in [7, 11) is 1.66. The van der Waals surface area contributed by atoms with Crippen molar-refractivity contribution in [2.75, 3.05) is 20.3 Å². The van der Waals surface area contributed by atoms with Crippen LogP contribution in [0.2, 0.25) is 0 Å². The van der Waals surface area contributed by atoms with Gasteiger partial charge in [0.25, 0.3) is 0 Å². The molecule has 0 bridgehead atoms. The first-order chi connectivity index (χ1) is 11.3. The van der Waals surface area contributed by atoms with Crippen LogP contribution in [0.3, 0.4) is 0 Å². The van der Waals surface area contributed by atoms with Gasteiger partial charge in [0.1, 0.15) is 5.75 Å². The van der Waals surface area contributed by atoms with Gasteiger partial charge in [0, 0.05) is 13.2 Å². The fourth-order valence-electron chi connectivity index (χ4n) is 2.19. The second-order valence-electron chi connectivity index (χ2n) is 5.24. The molecule has 2 rings (SSSR count). The number of hydrogen-bond acceptors (Lipinski definition) is 4. The lowest BCUT2D eigenvalue weighted by Crippen LogP contribution is -2.16. The molecule has 0 heterocycles. The molecule has 0 fully saturated rings. The van der Waals surface area contributed by atoms with Crippen molar-refractivity contribution in [2.45, 2.75) is 19.6 Å². The minimum absolute atomic E-state index is 0.619. The summed E-state index contributed by atoms with van der Waals surface area (Å²) in [5, 5.41) is 12.2. The van der Waals surface area contributed by atoms with E-state index in [4.69, 9.17) is 14.7 Å². The first-order valence-corrected chi connectivity index (χ1v) is 7.72. The van der Waals surface area contributed by atoms with E-state index in [9.17, 15) is 0 Å². The summed E-state index contributed by atoms with van der Waals surface area (Å²) in [6.45, 7) is 3.00. The van der Waals surface area contributed by atoms with Crippen LogP contribution in [0.25, 0.3) is 0 Å². The van der Waals surface area contributed by atoms with Crippen LogP contribution in [0, 0.1) is 11.3 Å². The van der Waals surface area contributed by atoms with Crippen molar-refractivity contribution in [2.24, 2.45) is 0 Å². The second-order valence-corrected chi connectivity index (χ2v) is 5.24. The highest BCUT2D eigenvalue weighted by atomic mass is 16.5. The van der Waals surface area contributed by atoms with Crippen molar-refractivity contribution >= 4 is 0 Å². The van der Waals surface area contributed by atoms with E-state index in [0.717, 1.165) is 43.0 Å².